The lowest BCUT2D eigenvalue weighted by Crippen LogP contribution is -2.44. The number of hydrogen-bond acceptors (Lipinski definition) is 2. The third-order valence-corrected chi connectivity index (χ3v) is 10.7. The highest BCUT2D eigenvalue weighted by atomic mass is 32.2. The molecule has 0 radical (unpaired) electrons. The summed E-state index contributed by atoms with van der Waals surface area (Å²) >= 11 is 0. The van der Waals surface area contributed by atoms with Crippen LogP contribution in [0, 0.1) is 11.6 Å². The first-order chi connectivity index (χ1) is 11.1. The van der Waals surface area contributed by atoms with Crippen LogP contribution in [0.3, 0.4) is 0 Å². The monoisotopic (exact) mass is 391 g/mol. The van der Waals surface area contributed by atoms with Crippen molar-refractivity contribution >= 4 is 19.3 Å². The van der Waals surface area contributed by atoms with E-state index in [0.29, 0.717) is 5.56 Å². The van der Waals surface area contributed by atoms with E-state index in [9.17, 15) is 13.0 Å². The summed E-state index contributed by atoms with van der Waals surface area (Å²) in [7, 11) is -3.39. The molecule has 0 saturated carbocycles. The Labute approximate surface area is 154 Å². The van der Waals surface area contributed by atoms with Crippen LogP contribution < -0.4 is 4.72 Å². The van der Waals surface area contributed by atoms with Crippen LogP contribution in [0.4, 0.5) is 8.78 Å². The van der Waals surface area contributed by atoms with Gasteiger partial charge in [-0.2, -0.15) is 0 Å². The quantitative estimate of drug-likeness (QED) is 0.687. The Kier molecular flexibility index (Phi) is 7.12. The lowest BCUT2D eigenvalue weighted by molar-refractivity contribution is 0.257. The van der Waals surface area contributed by atoms with E-state index in [2.05, 4.69) is 38.6 Å². The molecule has 7 heteroatoms. The molecule has 3 nitrogen and oxygen atoms in total. The number of hydrogen-bond donors (Lipinski definition) is 1. The number of halogens is 2. The second-order valence-electron chi connectivity index (χ2n) is 8.80. The van der Waals surface area contributed by atoms with Crippen LogP contribution in [0.15, 0.2) is 18.2 Å². The lowest BCUT2D eigenvalue weighted by atomic mass is 10.1. The molecule has 0 bridgehead atoms. The van der Waals surface area contributed by atoms with Crippen molar-refractivity contribution in [1.29, 1.82) is 0 Å². The zero-order valence-corrected chi connectivity index (χ0v) is 18.3. The van der Waals surface area contributed by atoms with Crippen molar-refractivity contribution in [3.63, 3.8) is 0 Å². The fraction of sp³-hybridized carbons (Fsp3) is 0.667. The van der Waals surface area contributed by atoms with Gasteiger partial charge in [-0.25, -0.2) is 17.7 Å². The Morgan fingerprint density at radius 2 is 1.68 bits per heavy atom. The molecule has 0 heterocycles. The van der Waals surface area contributed by atoms with E-state index in [1.54, 1.807) is 0 Å². The standard InChI is InChI=1S/C18H31F2NO2SSi/c1-17(2,3)24(22)21-16(12-23-25(7,8)18(4,5)6)13-9-10-14(19)15(20)11-13/h9-11,16,21H,12H2,1-8H3/t16-,24?/m0/s1. The molecule has 2 atom stereocenters. The maximum atomic E-state index is 13.7. The van der Waals surface area contributed by atoms with Crippen molar-refractivity contribution in [3.8, 4) is 0 Å². The van der Waals surface area contributed by atoms with Crippen LogP contribution in [0.5, 0.6) is 0 Å². The van der Waals surface area contributed by atoms with Gasteiger partial charge in [-0.3, -0.25) is 0 Å². The Hall–Kier alpha value is -0.633. The van der Waals surface area contributed by atoms with E-state index < -0.39 is 41.7 Å². The average molecular weight is 392 g/mol. The summed E-state index contributed by atoms with van der Waals surface area (Å²) in [6.07, 6.45) is 0. The molecule has 144 valence electrons. The van der Waals surface area contributed by atoms with Gasteiger partial charge in [0.1, 0.15) is 0 Å². The lowest BCUT2D eigenvalue weighted by Gasteiger charge is -2.37. The molecule has 0 aromatic heterocycles. The molecule has 1 unspecified atom stereocenters. The third kappa shape index (κ3) is 6.23. The fourth-order valence-corrected chi connectivity index (χ4v) is 3.57. The number of rotatable bonds is 6. The molecule has 1 rings (SSSR count). The molecule has 0 spiro atoms. The minimum atomic E-state index is -2.03. The van der Waals surface area contributed by atoms with Crippen LogP contribution in [-0.2, 0) is 15.4 Å². The molecular formula is C18H31F2NO2SSi. The van der Waals surface area contributed by atoms with Crippen LogP contribution in [0.2, 0.25) is 18.1 Å². The molecule has 1 aromatic carbocycles. The highest BCUT2D eigenvalue weighted by Crippen LogP contribution is 2.37. The van der Waals surface area contributed by atoms with Crippen molar-refractivity contribution in [2.75, 3.05) is 6.61 Å². The van der Waals surface area contributed by atoms with Gasteiger partial charge in [0.05, 0.1) is 28.4 Å². The van der Waals surface area contributed by atoms with Gasteiger partial charge in [-0.05, 0) is 56.6 Å². The van der Waals surface area contributed by atoms with Crippen molar-refractivity contribution in [1.82, 2.24) is 4.72 Å². The van der Waals surface area contributed by atoms with Crippen molar-refractivity contribution in [2.24, 2.45) is 0 Å². The van der Waals surface area contributed by atoms with Gasteiger partial charge >= 0.3 is 0 Å². The summed E-state index contributed by atoms with van der Waals surface area (Å²) in [5.74, 6) is -1.82. The molecule has 0 saturated heterocycles. The minimum Gasteiger partial charge on any atom is -0.415 e. The van der Waals surface area contributed by atoms with Gasteiger partial charge in [0.25, 0.3) is 0 Å². The van der Waals surface area contributed by atoms with Crippen molar-refractivity contribution < 1.29 is 17.4 Å². The van der Waals surface area contributed by atoms with Gasteiger partial charge in [0.15, 0.2) is 20.0 Å². The predicted octanol–water partition coefficient (Wildman–Crippen LogP) is 5.08. The topological polar surface area (TPSA) is 38.3 Å². The first kappa shape index (κ1) is 22.4. The maximum Gasteiger partial charge on any atom is 0.192 e. The van der Waals surface area contributed by atoms with E-state index in [1.807, 2.05) is 20.8 Å². The average Bonchev–Trinajstić information content (AvgIpc) is 2.44. The molecule has 25 heavy (non-hydrogen) atoms. The third-order valence-electron chi connectivity index (χ3n) is 4.57. The SMILES string of the molecule is CC(C)(C)S(=O)N[C@@H](CO[Si](C)(C)C(C)(C)C)c1ccc(F)c(F)c1. The molecular weight excluding hydrogens is 360 g/mol. The zero-order valence-electron chi connectivity index (χ0n) is 16.5. The summed E-state index contributed by atoms with van der Waals surface area (Å²) < 4.78 is 48.2. The van der Waals surface area contributed by atoms with E-state index >= 15 is 0 Å². The molecule has 0 amide bonds. The van der Waals surface area contributed by atoms with Gasteiger partial charge in [0.2, 0.25) is 0 Å². The molecule has 0 aliphatic carbocycles. The number of nitrogens with one attached hydrogen (secondary N) is 1. The molecule has 0 fully saturated rings. The predicted molar refractivity (Wildman–Crippen MR) is 103 cm³/mol. The summed E-state index contributed by atoms with van der Waals surface area (Å²) in [4.78, 5) is 0. The first-order valence-corrected chi connectivity index (χ1v) is 12.5. The van der Waals surface area contributed by atoms with Gasteiger partial charge in [-0.1, -0.05) is 26.8 Å². The maximum absolute atomic E-state index is 13.7. The van der Waals surface area contributed by atoms with Crippen LogP contribution in [0.25, 0.3) is 0 Å². The summed E-state index contributed by atoms with van der Waals surface area (Å²) in [5, 5.41) is 0.0226. The van der Waals surface area contributed by atoms with E-state index in [1.165, 1.54) is 6.07 Å². The van der Waals surface area contributed by atoms with Crippen molar-refractivity contribution in [2.45, 2.75) is 70.5 Å². The van der Waals surface area contributed by atoms with E-state index in [-0.39, 0.29) is 11.6 Å². The summed E-state index contributed by atoms with van der Waals surface area (Å²) in [5.41, 5.74) is 0.523. The Morgan fingerprint density at radius 1 is 1.12 bits per heavy atom. The molecule has 1 aromatic rings. The number of benzene rings is 1. The largest absolute Gasteiger partial charge is 0.415 e. The van der Waals surface area contributed by atoms with E-state index in [4.69, 9.17) is 4.43 Å². The second-order valence-corrected chi connectivity index (χ2v) is 15.6. The fourth-order valence-electron chi connectivity index (χ4n) is 1.74. The summed E-state index contributed by atoms with van der Waals surface area (Å²) in [6.45, 7) is 16.5. The normalized spacial score (nSPS) is 15.9. The Balaban J connectivity index is 3.07. The van der Waals surface area contributed by atoms with Crippen LogP contribution in [0.1, 0.15) is 53.1 Å². The van der Waals surface area contributed by atoms with E-state index in [0.717, 1.165) is 12.1 Å². The van der Waals surface area contributed by atoms with Crippen LogP contribution in [-0.4, -0.2) is 23.9 Å². The highest BCUT2D eigenvalue weighted by molar-refractivity contribution is 7.84. The van der Waals surface area contributed by atoms with Gasteiger partial charge < -0.3 is 4.43 Å². The van der Waals surface area contributed by atoms with Crippen LogP contribution >= 0.6 is 0 Å². The molecule has 0 aliphatic heterocycles. The Morgan fingerprint density at radius 3 is 2.12 bits per heavy atom. The van der Waals surface area contributed by atoms with Crippen molar-refractivity contribution in [3.05, 3.63) is 35.4 Å². The smallest absolute Gasteiger partial charge is 0.192 e. The minimum absolute atomic E-state index is 0.0226. The summed E-state index contributed by atoms with van der Waals surface area (Å²) in [6, 6.07) is 3.25. The molecule has 0 aliphatic rings. The second kappa shape index (κ2) is 7.94. The first-order valence-electron chi connectivity index (χ1n) is 8.42. The zero-order chi connectivity index (χ0) is 19.6. The molecule has 1 N–H and O–H groups in total. The highest BCUT2D eigenvalue weighted by Gasteiger charge is 2.38. The Bertz CT molecular complexity index is 624. The van der Waals surface area contributed by atoms with Gasteiger partial charge in [-0.15, -0.1) is 0 Å². The van der Waals surface area contributed by atoms with Gasteiger partial charge in [0, 0.05) is 0 Å².